The number of carbonyl (C=O) groups excluding carboxylic acids is 2. The van der Waals surface area contributed by atoms with Crippen LogP contribution >= 0.6 is 46.4 Å². The molecule has 1 unspecified atom stereocenters. The van der Waals surface area contributed by atoms with Gasteiger partial charge in [0.15, 0.2) is 21.5 Å². The third-order valence-corrected chi connectivity index (χ3v) is 10.9. The minimum absolute atomic E-state index is 0.0135. The van der Waals surface area contributed by atoms with E-state index in [1.54, 1.807) is 16.9 Å². The average Bonchev–Trinajstić information content (AvgIpc) is 3.75. The number of thiazole rings is 1. The molecule has 0 radical (unpaired) electrons. The highest BCUT2D eigenvalue weighted by Gasteiger charge is 2.54. The minimum atomic E-state index is -1.80. The lowest BCUT2D eigenvalue weighted by Crippen LogP contribution is -2.71. The Labute approximate surface area is 282 Å². The summed E-state index contributed by atoms with van der Waals surface area (Å²) in [7, 11) is 0. The lowest BCUT2D eigenvalue weighted by molar-refractivity contribution is -0.767. The number of β-lactam (4-membered cyclic amide) rings is 1. The zero-order valence-electron chi connectivity index (χ0n) is 24.7. The molecule has 1 saturated heterocycles. The Morgan fingerprint density at radius 3 is 2.70 bits per heavy atom. The van der Waals surface area contributed by atoms with Gasteiger partial charge in [-0.1, -0.05) is 16.9 Å². The van der Waals surface area contributed by atoms with Gasteiger partial charge in [0.05, 0.1) is 12.7 Å². The van der Waals surface area contributed by atoms with E-state index in [9.17, 15) is 34.5 Å². The summed E-state index contributed by atoms with van der Waals surface area (Å²) in [6.45, 7) is 3.14. The molecule has 2 aliphatic heterocycles. The number of aromatic nitrogens is 5. The topological polar surface area (TPSA) is 265 Å². The van der Waals surface area contributed by atoms with Crippen molar-refractivity contribution < 1.29 is 44.0 Å². The third-order valence-electron chi connectivity index (χ3n) is 6.85. The average molecular weight is 726 g/mol. The fourth-order valence-electron chi connectivity index (χ4n) is 4.43. The van der Waals surface area contributed by atoms with Gasteiger partial charge in [0.1, 0.15) is 29.4 Å². The van der Waals surface area contributed by atoms with E-state index in [1.165, 1.54) is 48.7 Å². The molecule has 18 nitrogen and oxygen atoms in total. The number of nitrogens with zero attached hydrogens (tertiary/aromatic N) is 7. The summed E-state index contributed by atoms with van der Waals surface area (Å²) in [5, 5.41) is 36.1. The van der Waals surface area contributed by atoms with E-state index in [0.717, 1.165) is 22.1 Å². The second-order valence-electron chi connectivity index (χ2n) is 10.5. The molecule has 0 aromatic carbocycles. The summed E-state index contributed by atoms with van der Waals surface area (Å²) in [5.74, 6) is -3.39. The van der Waals surface area contributed by atoms with E-state index in [1.807, 2.05) is 10.1 Å². The highest BCUT2D eigenvalue weighted by Crippen LogP contribution is 2.42. The van der Waals surface area contributed by atoms with Gasteiger partial charge in [-0.05, 0) is 19.4 Å². The highest BCUT2D eigenvalue weighted by molar-refractivity contribution is 8.01. The van der Waals surface area contributed by atoms with Gasteiger partial charge in [-0.25, -0.2) is 14.6 Å². The van der Waals surface area contributed by atoms with Crippen molar-refractivity contribution in [1.82, 2.24) is 29.2 Å². The number of carboxylic acids is 2. The van der Waals surface area contributed by atoms with Crippen LogP contribution in [0.25, 0.3) is 0 Å². The number of aliphatic carboxylic acids is 2. The zero-order chi connectivity index (χ0) is 34.0. The van der Waals surface area contributed by atoms with Gasteiger partial charge >= 0.3 is 11.9 Å². The van der Waals surface area contributed by atoms with Crippen LogP contribution in [-0.4, -0.2) is 104 Å². The van der Waals surface area contributed by atoms with Crippen LogP contribution < -0.4 is 21.5 Å². The molecule has 3 aromatic heterocycles. The number of fused-ring (bicyclic) bond motifs is 1. The van der Waals surface area contributed by atoms with Gasteiger partial charge in [-0.15, -0.1) is 32.5 Å². The van der Waals surface area contributed by atoms with Crippen molar-refractivity contribution in [3.63, 3.8) is 0 Å². The summed E-state index contributed by atoms with van der Waals surface area (Å²) in [4.78, 5) is 65.1. The van der Waals surface area contributed by atoms with Gasteiger partial charge in [0.25, 0.3) is 11.8 Å². The molecular formula is C25H29N10O8S4+. The van der Waals surface area contributed by atoms with Crippen LogP contribution in [0.15, 0.2) is 38.4 Å². The number of thioether (sulfide) groups is 2. The summed E-state index contributed by atoms with van der Waals surface area (Å²) in [6.07, 6.45) is 1.80. The van der Waals surface area contributed by atoms with Crippen LogP contribution in [0.1, 0.15) is 25.4 Å². The van der Waals surface area contributed by atoms with E-state index < -0.39 is 46.5 Å². The Bertz CT molecular complexity index is 1780. The number of amides is 2. The summed E-state index contributed by atoms with van der Waals surface area (Å²) < 4.78 is 8.21. The first-order valence-corrected chi connectivity index (χ1v) is 17.3. The van der Waals surface area contributed by atoms with Gasteiger partial charge in [-0.3, -0.25) is 14.5 Å². The molecule has 2 aliphatic rings. The number of carbonyl (C=O) groups is 4. The van der Waals surface area contributed by atoms with Gasteiger partial charge in [-0.2, -0.15) is 9.36 Å². The molecule has 3 aromatic rings. The van der Waals surface area contributed by atoms with E-state index >= 15 is 0 Å². The minimum Gasteiger partial charge on any atom is -0.478 e. The predicted molar refractivity (Wildman–Crippen MR) is 171 cm³/mol. The number of anilines is 2. The lowest BCUT2D eigenvalue weighted by atomic mass is 10.0. The van der Waals surface area contributed by atoms with Crippen molar-refractivity contribution in [2.75, 3.05) is 29.6 Å². The van der Waals surface area contributed by atoms with Crippen molar-refractivity contribution in [3.05, 3.63) is 40.4 Å². The predicted octanol–water partition coefficient (Wildman–Crippen LogP) is -0.597. The van der Waals surface area contributed by atoms with Crippen molar-refractivity contribution in [1.29, 1.82) is 0 Å². The molecule has 2 amide bonds. The van der Waals surface area contributed by atoms with Crippen LogP contribution in [0.5, 0.6) is 0 Å². The fraction of sp³-hybridized carbons (Fsp3) is 0.400. The number of hydrogen-bond donors (Lipinski definition) is 6. The van der Waals surface area contributed by atoms with E-state index in [0.29, 0.717) is 28.8 Å². The fourth-order valence-corrected chi connectivity index (χ4v) is 8.18. The van der Waals surface area contributed by atoms with Crippen molar-refractivity contribution in [2.45, 2.75) is 48.3 Å². The maximum atomic E-state index is 13.2. The zero-order valence-corrected chi connectivity index (χ0v) is 28.0. The molecule has 5 heterocycles. The number of hydrogen-bond acceptors (Lipinski definition) is 16. The first kappa shape index (κ1) is 34.1. The van der Waals surface area contributed by atoms with Gasteiger partial charge in [0, 0.05) is 28.4 Å². The Morgan fingerprint density at radius 1 is 1.28 bits per heavy atom. The molecule has 250 valence electrons. The monoisotopic (exact) mass is 725 g/mol. The Morgan fingerprint density at radius 2 is 2.04 bits per heavy atom. The Hall–Kier alpha value is -4.25. The maximum absolute atomic E-state index is 13.2. The van der Waals surface area contributed by atoms with Crippen molar-refractivity contribution >= 4 is 86.8 Å². The van der Waals surface area contributed by atoms with E-state index in [2.05, 4.69) is 24.8 Å². The molecule has 2 atom stereocenters. The maximum Gasteiger partial charge on any atom is 0.352 e. The van der Waals surface area contributed by atoms with Crippen LogP contribution in [0.4, 0.5) is 10.9 Å². The van der Waals surface area contributed by atoms with E-state index in [-0.39, 0.29) is 34.8 Å². The van der Waals surface area contributed by atoms with Crippen LogP contribution in [0, 0.1) is 0 Å². The summed E-state index contributed by atoms with van der Waals surface area (Å²) in [6, 6.07) is 0.624. The van der Waals surface area contributed by atoms with Crippen LogP contribution in [0.2, 0.25) is 0 Å². The second kappa shape index (κ2) is 13.9. The lowest BCUT2D eigenvalue weighted by Gasteiger charge is -2.49. The van der Waals surface area contributed by atoms with E-state index in [4.69, 9.17) is 16.3 Å². The number of nitrogens with one attached hydrogen (secondary N) is 1. The normalized spacial score (nSPS) is 18.1. The molecule has 1 fully saturated rings. The standard InChI is InChI=1S/C25H28N10O8S4/c1-25(2,22(41)42)43-31-14(17-30-23(27)47-32-17)18(37)29-15-19(38)35-16(21(39)40)11(8-44-20(15)35)9-45-24-28-12(10-46-24)7-33-4-3-13(26)34(33)5-6-36/h3-4,10,15,20,26,36H,5-9H2,1-2H3,(H5,27,29,30,32,37,39,40,41,42)/p+1/b31-14-/t15-,20?/m1/s1. The van der Waals surface area contributed by atoms with Gasteiger partial charge in [0.2, 0.25) is 23.7 Å². The molecule has 22 heteroatoms. The third kappa shape index (κ3) is 7.20. The molecular weight excluding hydrogens is 697 g/mol. The number of aliphatic hydroxyl groups excluding tert-OH is 1. The van der Waals surface area contributed by atoms with Crippen molar-refractivity contribution in [2.24, 2.45) is 5.16 Å². The van der Waals surface area contributed by atoms with Crippen LogP contribution in [0.3, 0.4) is 0 Å². The molecule has 5 rings (SSSR count). The molecule has 8 N–H and O–H groups in total. The number of aliphatic hydroxyl groups is 1. The molecule has 0 bridgehead atoms. The quantitative estimate of drug-likeness (QED) is 0.0399. The first-order valence-electron chi connectivity index (χ1n) is 13.6. The Kier molecular flexibility index (Phi) is 10.0. The number of oxime groups is 1. The largest absolute Gasteiger partial charge is 0.478 e. The SMILES string of the molecule is CC(C)(O/N=C(\C(=O)N[C@@H]1C(=O)N2C(C(=O)O)=C(CSc3nc(C[n+]4ccc(N)n4CCO)cs3)CSC12)c1nsc(N)n1)C(=O)O. The summed E-state index contributed by atoms with van der Waals surface area (Å²) >= 11 is 4.79. The summed E-state index contributed by atoms with van der Waals surface area (Å²) in [5.41, 5.74) is 10.4. The van der Waals surface area contributed by atoms with Crippen LogP contribution in [-0.2, 0) is 37.1 Å². The highest BCUT2D eigenvalue weighted by atomic mass is 32.2. The van der Waals surface area contributed by atoms with Gasteiger partial charge < -0.3 is 36.9 Å². The molecule has 0 spiro atoms. The molecule has 0 aliphatic carbocycles. The number of nitrogens with two attached hydrogens (primary N) is 2. The Balaban J connectivity index is 1.26. The van der Waals surface area contributed by atoms with Crippen molar-refractivity contribution in [3.8, 4) is 0 Å². The number of nitrogen functional groups attached to an aromatic ring is 2. The number of carboxylic acid groups (broad SMARTS) is 2. The number of rotatable bonds is 14. The molecule has 0 saturated carbocycles. The smallest absolute Gasteiger partial charge is 0.352 e. The first-order chi connectivity index (χ1) is 22.3. The molecule has 47 heavy (non-hydrogen) atoms. The second-order valence-corrected chi connectivity index (χ2v) is 14.5.